The molecule has 0 fully saturated rings. The number of aromatic nitrogens is 1. The number of rotatable bonds is 1. The Bertz CT molecular complexity index is 1100. The summed E-state index contributed by atoms with van der Waals surface area (Å²) in [5.74, 6) is -1.24. The molecule has 1 aromatic heterocycles. The summed E-state index contributed by atoms with van der Waals surface area (Å²) in [6, 6.07) is 8.94. The van der Waals surface area contributed by atoms with Crippen LogP contribution in [0.3, 0.4) is 0 Å². The molecule has 3 aromatic rings. The first-order valence-corrected chi connectivity index (χ1v) is 8.95. The van der Waals surface area contributed by atoms with Gasteiger partial charge in [0.15, 0.2) is 0 Å². The Balaban J connectivity index is 2.01. The molecule has 0 bridgehead atoms. The van der Waals surface area contributed by atoms with Crippen molar-refractivity contribution in [3.63, 3.8) is 0 Å². The lowest BCUT2D eigenvalue weighted by Crippen LogP contribution is -2.29. The lowest BCUT2D eigenvalue weighted by molar-refractivity contribution is 0.0926. The molecule has 2 amide bonds. The lowest BCUT2D eigenvalue weighted by Gasteiger charge is -2.16. The zero-order chi connectivity index (χ0) is 18.7. The SMILES string of the molecule is Cc1ccc2cccc(N3C(=O)c4c(Cl)c(Cl)c(Cl)c(Cl)c4C3=O)c2n1. The topological polar surface area (TPSA) is 50.3 Å². The maximum atomic E-state index is 13.0. The normalized spacial score (nSPS) is 13.7. The van der Waals surface area contributed by atoms with Crippen molar-refractivity contribution in [2.24, 2.45) is 0 Å². The van der Waals surface area contributed by atoms with E-state index >= 15 is 0 Å². The molecule has 0 aliphatic carbocycles. The van der Waals surface area contributed by atoms with Crippen molar-refractivity contribution in [1.29, 1.82) is 0 Å². The standard InChI is InChI=1S/C18H8Cl4N2O2/c1-7-5-6-8-3-2-4-9(16(8)23-7)24-17(25)10-11(18(24)26)13(20)15(22)14(21)12(10)19/h2-6H,1H3. The van der Waals surface area contributed by atoms with Crippen molar-refractivity contribution in [1.82, 2.24) is 4.98 Å². The third-order valence-electron chi connectivity index (χ3n) is 4.18. The van der Waals surface area contributed by atoms with Crippen LogP contribution in [-0.4, -0.2) is 16.8 Å². The van der Waals surface area contributed by atoms with Crippen LogP contribution in [0, 0.1) is 6.92 Å². The number of nitrogens with zero attached hydrogens (tertiary/aromatic N) is 2. The first-order chi connectivity index (χ1) is 12.3. The van der Waals surface area contributed by atoms with Gasteiger partial charge in [0.25, 0.3) is 11.8 Å². The van der Waals surface area contributed by atoms with Crippen LogP contribution in [0.15, 0.2) is 30.3 Å². The van der Waals surface area contributed by atoms with Gasteiger partial charge in [-0.05, 0) is 19.1 Å². The quantitative estimate of drug-likeness (QED) is 0.274. The molecular formula is C18H8Cl4N2O2. The van der Waals surface area contributed by atoms with Crippen LogP contribution in [0.4, 0.5) is 5.69 Å². The summed E-state index contributed by atoms with van der Waals surface area (Å²) in [5.41, 5.74) is 1.51. The summed E-state index contributed by atoms with van der Waals surface area (Å²) in [6.07, 6.45) is 0. The molecule has 130 valence electrons. The summed E-state index contributed by atoms with van der Waals surface area (Å²) in [7, 11) is 0. The predicted octanol–water partition coefficient (Wildman–Crippen LogP) is 5.96. The van der Waals surface area contributed by atoms with E-state index in [1.54, 1.807) is 12.1 Å². The molecule has 1 aliphatic rings. The van der Waals surface area contributed by atoms with Gasteiger partial charge in [0.2, 0.25) is 0 Å². The van der Waals surface area contributed by atoms with Crippen LogP contribution >= 0.6 is 46.4 Å². The highest BCUT2D eigenvalue weighted by Gasteiger charge is 2.43. The maximum Gasteiger partial charge on any atom is 0.267 e. The summed E-state index contributed by atoms with van der Waals surface area (Å²) in [5, 5.41) is 0.472. The first-order valence-electron chi connectivity index (χ1n) is 7.44. The third-order valence-corrected chi connectivity index (χ3v) is 5.98. The van der Waals surface area contributed by atoms with E-state index in [1.165, 1.54) is 0 Å². The highest BCUT2D eigenvalue weighted by molar-refractivity contribution is 6.56. The maximum absolute atomic E-state index is 13.0. The zero-order valence-corrected chi connectivity index (χ0v) is 16.1. The molecule has 26 heavy (non-hydrogen) atoms. The molecule has 2 heterocycles. The van der Waals surface area contributed by atoms with Crippen molar-refractivity contribution >= 4 is 74.8 Å². The minimum atomic E-state index is -0.619. The van der Waals surface area contributed by atoms with Crippen LogP contribution in [-0.2, 0) is 0 Å². The van der Waals surface area contributed by atoms with Crippen molar-refractivity contribution < 1.29 is 9.59 Å². The Kier molecular flexibility index (Phi) is 4.12. The second-order valence-electron chi connectivity index (χ2n) is 5.75. The molecule has 8 heteroatoms. The largest absolute Gasteiger partial charge is 0.268 e. The number of fused-ring (bicyclic) bond motifs is 2. The average molecular weight is 426 g/mol. The number of pyridine rings is 1. The number of imide groups is 1. The molecule has 2 aromatic carbocycles. The summed E-state index contributed by atoms with van der Waals surface area (Å²) in [6.45, 7) is 1.83. The van der Waals surface area contributed by atoms with Crippen molar-refractivity contribution in [3.05, 3.63) is 67.2 Å². The fourth-order valence-corrected chi connectivity index (χ4v) is 3.99. The summed E-state index contributed by atoms with van der Waals surface area (Å²) < 4.78 is 0. The van der Waals surface area contributed by atoms with Crippen molar-refractivity contribution in [2.45, 2.75) is 6.92 Å². The molecule has 0 atom stereocenters. The molecular weight excluding hydrogens is 418 g/mol. The molecule has 4 nitrogen and oxygen atoms in total. The zero-order valence-electron chi connectivity index (χ0n) is 13.1. The number of para-hydroxylation sites is 1. The fraction of sp³-hybridized carbons (Fsp3) is 0.0556. The molecule has 0 radical (unpaired) electrons. The molecule has 0 unspecified atom stereocenters. The van der Waals surface area contributed by atoms with Gasteiger partial charge in [0.05, 0.1) is 42.4 Å². The highest BCUT2D eigenvalue weighted by Crippen LogP contribution is 2.46. The van der Waals surface area contributed by atoms with Crippen LogP contribution < -0.4 is 4.90 Å². The van der Waals surface area contributed by atoms with Crippen molar-refractivity contribution in [3.8, 4) is 0 Å². The van der Waals surface area contributed by atoms with Crippen LogP contribution in [0.5, 0.6) is 0 Å². The Labute approximate surface area is 168 Å². The van der Waals surface area contributed by atoms with Gasteiger partial charge in [-0.15, -0.1) is 0 Å². The smallest absolute Gasteiger partial charge is 0.267 e. The van der Waals surface area contributed by atoms with Gasteiger partial charge in [-0.3, -0.25) is 14.6 Å². The Morgan fingerprint density at radius 2 is 1.38 bits per heavy atom. The second-order valence-corrected chi connectivity index (χ2v) is 7.26. The minimum Gasteiger partial charge on any atom is -0.268 e. The Hall–Kier alpha value is -1.85. The van der Waals surface area contributed by atoms with E-state index in [0.717, 1.165) is 16.0 Å². The number of halogens is 4. The number of hydrogen-bond acceptors (Lipinski definition) is 3. The number of amides is 2. The fourth-order valence-electron chi connectivity index (χ4n) is 2.98. The second kappa shape index (κ2) is 6.10. The molecule has 0 saturated carbocycles. The molecule has 0 saturated heterocycles. The van der Waals surface area contributed by atoms with Gasteiger partial charge < -0.3 is 0 Å². The van der Waals surface area contributed by atoms with Crippen molar-refractivity contribution in [2.75, 3.05) is 4.90 Å². The molecule has 0 N–H and O–H groups in total. The minimum absolute atomic E-state index is 0.0549. The van der Waals surface area contributed by atoms with E-state index in [-0.39, 0.29) is 31.2 Å². The Morgan fingerprint density at radius 3 is 1.96 bits per heavy atom. The number of carbonyl (C=O) groups excluding carboxylic acids is 2. The Morgan fingerprint density at radius 1 is 0.808 bits per heavy atom. The van der Waals surface area contributed by atoms with Crippen LogP contribution in [0.25, 0.3) is 10.9 Å². The molecule has 0 spiro atoms. The van der Waals surface area contributed by atoms with Gasteiger partial charge in [0.1, 0.15) is 0 Å². The number of anilines is 1. The van der Waals surface area contributed by atoms with Gasteiger partial charge in [-0.1, -0.05) is 64.6 Å². The van der Waals surface area contributed by atoms with Crippen LogP contribution in [0.1, 0.15) is 26.4 Å². The van der Waals surface area contributed by atoms with E-state index in [2.05, 4.69) is 4.98 Å². The monoisotopic (exact) mass is 424 g/mol. The van der Waals surface area contributed by atoms with Gasteiger partial charge >= 0.3 is 0 Å². The summed E-state index contributed by atoms with van der Waals surface area (Å²) in [4.78, 5) is 31.5. The van der Waals surface area contributed by atoms with Gasteiger partial charge in [-0.25, -0.2) is 4.90 Å². The van der Waals surface area contributed by atoms with E-state index in [1.807, 2.05) is 25.1 Å². The number of carbonyl (C=O) groups is 2. The van der Waals surface area contributed by atoms with E-state index < -0.39 is 11.8 Å². The number of hydrogen-bond donors (Lipinski definition) is 0. The van der Waals surface area contributed by atoms with Crippen LogP contribution in [0.2, 0.25) is 20.1 Å². The first kappa shape index (κ1) is 17.6. The highest BCUT2D eigenvalue weighted by atomic mass is 35.5. The molecule has 4 rings (SSSR count). The third kappa shape index (κ3) is 2.33. The summed E-state index contributed by atoms with van der Waals surface area (Å²) >= 11 is 24.5. The predicted molar refractivity (Wildman–Crippen MR) is 104 cm³/mol. The van der Waals surface area contributed by atoms with Gasteiger partial charge in [-0.2, -0.15) is 0 Å². The van der Waals surface area contributed by atoms with E-state index in [9.17, 15) is 9.59 Å². The lowest BCUT2D eigenvalue weighted by atomic mass is 10.1. The number of aryl methyl sites for hydroxylation is 1. The van der Waals surface area contributed by atoms with E-state index in [4.69, 9.17) is 46.4 Å². The average Bonchev–Trinajstić information content (AvgIpc) is 2.88. The number of benzene rings is 2. The van der Waals surface area contributed by atoms with E-state index in [0.29, 0.717) is 11.2 Å². The van der Waals surface area contributed by atoms with Gasteiger partial charge in [0, 0.05) is 11.1 Å². The molecule has 1 aliphatic heterocycles.